The van der Waals surface area contributed by atoms with Gasteiger partial charge in [-0.1, -0.05) is 6.92 Å². The molecule has 0 aliphatic heterocycles. The summed E-state index contributed by atoms with van der Waals surface area (Å²) in [7, 11) is 1.64. The smallest absolute Gasteiger partial charge is 0.306 e. The Balaban J connectivity index is 2.45. The topological polar surface area (TPSA) is 56.8 Å². The van der Waals surface area contributed by atoms with E-state index in [4.69, 9.17) is 14.2 Å². The summed E-state index contributed by atoms with van der Waals surface area (Å²) in [5, 5.41) is 3.39. The van der Waals surface area contributed by atoms with Crippen LogP contribution in [0.3, 0.4) is 0 Å². The largest absolute Gasteiger partial charge is 0.466 e. The first-order chi connectivity index (χ1) is 9.71. The normalized spacial score (nSPS) is 26.4. The maximum Gasteiger partial charge on any atom is 0.306 e. The molecule has 0 heterocycles. The summed E-state index contributed by atoms with van der Waals surface area (Å²) in [5.74, 6) is 0.783. The number of hydrogen-bond acceptors (Lipinski definition) is 5. The Hall–Kier alpha value is -0.650. The molecule has 1 aliphatic carbocycles. The molecule has 0 bridgehead atoms. The highest BCUT2D eigenvalue weighted by Crippen LogP contribution is 2.33. The van der Waals surface area contributed by atoms with Crippen LogP contribution >= 0.6 is 0 Å². The lowest BCUT2D eigenvalue weighted by atomic mass is 9.78. The van der Waals surface area contributed by atoms with E-state index in [0.717, 1.165) is 32.4 Å². The van der Waals surface area contributed by atoms with Crippen molar-refractivity contribution in [3.8, 4) is 0 Å². The van der Waals surface area contributed by atoms with Gasteiger partial charge in [-0.3, -0.25) is 4.79 Å². The highest BCUT2D eigenvalue weighted by molar-refractivity contribution is 5.69. The average molecular weight is 287 g/mol. The van der Waals surface area contributed by atoms with E-state index >= 15 is 0 Å². The molecule has 3 atom stereocenters. The third-order valence-electron chi connectivity index (χ3n) is 3.85. The molecule has 5 heteroatoms. The van der Waals surface area contributed by atoms with Crippen molar-refractivity contribution in [3.63, 3.8) is 0 Å². The molecule has 0 spiro atoms. The SMILES string of the molecule is CCNC[C@@H]1CC[C@@H](CC(=O)OCC)C[C@H]1OCOC. The van der Waals surface area contributed by atoms with Gasteiger partial charge < -0.3 is 19.5 Å². The Bertz CT molecular complexity index is 273. The van der Waals surface area contributed by atoms with Crippen LogP contribution < -0.4 is 5.32 Å². The number of ether oxygens (including phenoxy) is 3. The van der Waals surface area contributed by atoms with Crippen LogP contribution in [0, 0.1) is 11.8 Å². The molecule has 1 fully saturated rings. The molecule has 0 amide bonds. The van der Waals surface area contributed by atoms with Gasteiger partial charge in [-0.05, 0) is 44.6 Å². The third kappa shape index (κ3) is 6.20. The Morgan fingerprint density at radius 3 is 2.75 bits per heavy atom. The van der Waals surface area contributed by atoms with Crippen LogP contribution in [0.4, 0.5) is 0 Å². The zero-order valence-corrected chi connectivity index (χ0v) is 13.0. The molecule has 0 aromatic heterocycles. The highest BCUT2D eigenvalue weighted by atomic mass is 16.7. The lowest BCUT2D eigenvalue weighted by molar-refractivity contribution is -0.146. The molecule has 1 aliphatic rings. The number of rotatable bonds is 9. The summed E-state index contributed by atoms with van der Waals surface area (Å²) in [6.45, 7) is 6.67. The van der Waals surface area contributed by atoms with Gasteiger partial charge in [0.05, 0.1) is 12.7 Å². The van der Waals surface area contributed by atoms with Crippen molar-refractivity contribution >= 4 is 5.97 Å². The van der Waals surface area contributed by atoms with Crippen LogP contribution in [0.5, 0.6) is 0 Å². The summed E-state index contributed by atoms with van der Waals surface area (Å²) in [4.78, 5) is 11.6. The van der Waals surface area contributed by atoms with Gasteiger partial charge in [-0.25, -0.2) is 0 Å². The predicted molar refractivity (Wildman–Crippen MR) is 77.4 cm³/mol. The van der Waals surface area contributed by atoms with Crippen LogP contribution in [-0.4, -0.2) is 45.7 Å². The van der Waals surface area contributed by atoms with Crippen LogP contribution in [0.25, 0.3) is 0 Å². The van der Waals surface area contributed by atoms with E-state index in [2.05, 4.69) is 12.2 Å². The van der Waals surface area contributed by atoms with Gasteiger partial charge in [-0.15, -0.1) is 0 Å². The molecule has 1 saturated carbocycles. The van der Waals surface area contributed by atoms with Gasteiger partial charge in [-0.2, -0.15) is 0 Å². The van der Waals surface area contributed by atoms with E-state index in [1.165, 1.54) is 0 Å². The first kappa shape index (κ1) is 17.4. The van der Waals surface area contributed by atoms with Gasteiger partial charge >= 0.3 is 5.97 Å². The Morgan fingerprint density at radius 2 is 2.10 bits per heavy atom. The van der Waals surface area contributed by atoms with Crippen LogP contribution in [0.2, 0.25) is 0 Å². The highest BCUT2D eigenvalue weighted by Gasteiger charge is 2.32. The van der Waals surface area contributed by atoms with Crippen LogP contribution in [-0.2, 0) is 19.0 Å². The Morgan fingerprint density at radius 1 is 1.30 bits per heavy atom. The summed E-state index contributed by atoms with van der Waals surface area (Å²) in [6, 6.07) is 0. The number of hydrogen-bond donors (Lipinski definition) is 1. The zero-order chi connectivity index (χ0) is 14.8. The average Bonchev–Trinajstić information content (AvgIpc) is 2.44. The molecule has 0 unspecified atom stereocenters. The number of nitrogens with one attached hydrogen (secondary N) is 1. The van der Waals surface area contributed by atoms with E-state index in [9.17, 15) is 4.79 Å². The zero-order valence-electron chi connectivity index (χ0n) is 13.0. The number of esters is 1. The maximum atomic E-state index is 11.6. The second-order valence-corrected chi connectivity index (χ2v) is 5.37. The van der Waals surface area contributed by atoms with Crippen molar-refractivity contribution in [1.29, 1.82) is 0 Å². The summed E-state index contributed by atoms with van der Waals surface area (Å²) >= 11 is 0. The van der Waals surface area contributed by atoms with Gasteiger partial charge in [0.15, 0.2) is 0 Å². The van der Waals surface area contributed by atoms with E-state index < -0.39 is 0 Å². The molecule has 1 rings (SSSR count). The molecule has 20 heavy (non-hydrogen) atoms. The maximum absolute atomic E-state index is 11.6. The minimum absolute atomic E-state index is 0.0897. The van der Waals surface area contributed by atoms with Crippen molar-refractivity contribution < 1.29 is 19.0 Å². The summed E-state index contributed by atoms with van der Waals surface area (Å²) in [6.07, 6.45) is 3.75. The molecular weight excluding hydrogens is 258 g/mol. The Kier molecular flexibility index (Phi) is 8.82. The lowest BCUT2D eigenvalue weighted by Crippen LogP contribution is -2.39. The van der Waals surface area contributed by atoms with Gasteiger partial charge in [0.25, 0.3) is 0 Å². The van der Waals surface area contributed by atoms with Gasteiger partial charge in [0.2, 0.25) is 0 Å². The van der Waals surface area contributed by atoms with Crippen molar-refractivity contribution in [3.05, 3.63) is 0 Å². The molecule has 118 valence electrons. The number of carbonyl (C=O) groups excluding carboxylic acids is 1. The van der Waals surface area contributed by atoms with E-state index in [1.54, 1.807) is 7.11 Å². The van der Waals surface area contributed by atoms with Gasteiger partial charge in [0.1, 0.15) is 6.79 Å². The minimum atomic E-state index is -0.0897. The quantitative estimate of drug-likeness (QED) is 0.519. The molecule has 0 radical (unpaired) electrons. The standard InChI is InChI=1S/C15H29NO4/c1-4-16-10-13-7-6-12(9-15(17)19-5-2)8-14(13)20-11-18-3/h12-14,16H,4-11H2,1-3H3/t12-,13+,14-/m1/s1. The second-order valence-electron chi connectivity index (χ2n) is 5.37. The predicted octanol–water partition coefficient (Wildman–Crippen LogP) is 1.95. The van der Waals surface area contributed by atoms with E-state index in [-0.39, 0.29) is 12.1 Å². The van der Waals surface area contributed by atoms with Crippen LogP contribution in [0.15, 0.2) is 0 Å². The molecule has 0 aromatic rings. The molecule has 5 nitrogen and oxygen atoms in total. The number of methoxy groups -OCH3 is 1. The molecule has 1 N–H and O–H groups in total. The summed E-state index contributed by atoms with van der Waals surface area (Å²) < 4.78 is 15.9. The fraction of sp³-hybridized carbons (Fsp3) is 0.933. The summed E-state index contributed by atoms with van der Waals surface area (Å²) in [5.41, 5.74) is 0. The Labute approximate surface area is 122 Å². The first-order valence-electron chi connectivity index (χ1n) is 7.68. The minimum Gasteiger partial charge on any atom is -0.466 e. The second kappa shape index (κ2) is 10.1. The third-order valence-corrected chi connectivity index (χ3v) is 3.85. The van der Waals surface area contributed by atoms with Crippen molar-refractivity contribution in [2.45, 2.75) is 45.6 Å². The molecule has 0 saturated heterocycles. The first-order valence-corrected chi connectivity index (χ1v) is 7.68. The number of carbonyl (C=O) groups is 1. The van der Waals surface area contributed by atoms with Crippen molar-refractivity contribution in [2.24, 2.45) is 11.8 Å². The fourth-order valence-electron chi connectivity index (χ4n) is 2.84. The van der Waals surface area contributed by atoms with Gasteiger partial charge in [0, 0.05) is 20.1 Å². The molecule has 0 aromatic carbocycles. The molecular formula is C15H29NO4. The van der Waals surface area contributed by atoms with E-state index in [1.807, 2.05) is 6.92 Å². The monoisotopic (exact) mass is 287 g/mol. The fourth-order valence-corrected chi connectivity index (χ4v) is 2.84. The van der Waals surface area contributed by atoms with Crippen molar-refractivity contribution in [2.75, 3.05) is 33.6 Å². The van der Waals surface area contributed by atoms with Crippen molar-refractivity contribution in [1.82, 2.24) is 5.32 Å². The lowest BCUT2D eigenvalue weighted by Gasteiger charge is -2.35. The van der Waals surface area contributed by atoms with E-state index in [0.29, 0.717) is 31.7 Å². The van der Waals surface area contributed by atoms with Crippen LogP contribution in [0.1, 0.15) is 39.5 Å².